The standard InChI is InChI=1S/C15H21NO2/c1-15(2,3)18-14(17)13-9-10-16(13)11-12-7-5-4-6-8-12/h4-8,13H,9-11H2,1-3H3/t13-/m1/s1. The molecule has 0 unspecified atom stereocenters. The number of carbonyl (C=O) groups excluding carboxylic acids is 1. The molecule has 1 saturated heterocycles. The van der Waals surface area contributed by atoms with Crippen LogP contribution in [-0.2, 0) is 16.1 Å². The highest BCUT2D eigenvalue weighted by Gasteiger charge is 2.36. The van der Waals surface area contributed by atoms with Gasteiger partial charge in [-0.15, -0.1) is 0 Å². The van der Waals surface area contributed by atoms with E-state index in [4.69, 9.17) is 4.74 Å². The first kappa shape index (κ1) is 13.1. The van der Waals surface area contributed by atoms with Crippen molar-refractivity contribution in [3.63, 3.8) is 0 Å². The summed E-state index contributed by atoms with van der Waals surface area (Å²) in [7, 11) is 0. The van der Waals surface area contributed by atoms with Gasteiger partial charge in [0.05, 0.1) is 0 Å². The molecule has 0 spiro atoms. The fourth-order valence-corrected chi connectivity index (χ4v) is 2.08. The van der Waals surface area contributed by atoms with Gasteiger partial charge in [-0.2, -0.15) is 0 Å². The molecule has 0 bridgehead atoms. The SMILES string of the molecule is CC(C)(C)OC(=O)[C@H]1CCN1Cc1ccccc1. The van der Waals surface area contributed by atoms with Gasteiger partial charge in [-0.3, -0.25) is 9.69 Å². The van der Waals surface area contributed by atoms with Gasteiger partial charge >= 0.3 is 5.97 Å². The van der Waals surface area contributed by atoms with Crippen LogP contribution in [0.4, 0.5) is 0 Å². The topological polar surface area (TPSA) is 29.5 Å². The van der Waals surface area contributed by atoms with Crippen LogP contribution in [0.5, 0.6) is 0 Å². The molecule has 0 amide bonds. The number of benzene rings is 1. The molecule has 1 atom stereocenters. The van der Waals surface area contributed by atoms with Gasteiger partial charge in [-0.05, 0) is 32.8 Å². The maximum Gasteiger partial charge on any atom is 0.323 e. The summed E-state index contributed by atoms with van der Waals surface area (Å²) in [5, 5.41) is 0. The number of ether oxygens (including phenoxy) is 1. The van der Waals surface area contributed by atoms with E-state index in [1.807, 2.05) is 39.0 Å². The van der Waals surface area contributed by atoms with Crippen molar-refractivity contribution in [3.8, 4) is 0 Å². The number of rotatable bonds is 3. The molecule has 1 heterocycles. The quantitative estimate of drug-likeness (QED) is 0.769. The summed E-state index contributed by atoms with van der Waals surface area (Å²) in [5.74, 6) is -0.0929. The first-order valence-electron chi connectivity index (χ1n) is 6.46. The lowest BCUT2D eigenvalue weighted by Gasteiger charge is -2.40. The monoisotopic (exact) mass is 247 g/mol. The molecule has 1 aliphatic heterocycles. The Kier molecular flexibility index (Phi) is 3.71. The molecule has 1 aromatic rings. The molecule has 1 aromatic carbocycles. The van der Waals surface area contributed by atoms with Crippen LogP contribution in [0.15, 0.2) is 30.3 Å². The first-order valence-corrected chi connectivity index (χ1v) is 6.46. The van der Waals surface area contributed by atoms with Crippen LogP contribution >= 0.6 is 0 Å². The molecule has 0 radical (unpaired) electrons. The summed E-state index contributed by atoms with van der Waals surface area (Å²) in [4.78, 5) is 14.1. The third-order valence-corrected chi connectivity index (χ3v) is 3.04. The van der Waals surface area contributed by atoms with Crippen LogP contribution in [0.1, 0.15) is 32.8 Å². The highest BCUT2D eigenvalue weighted by molar-refractivity contribution is 5.77. The van der Waals surface area contributed by atoms with E-state index < -0.39 is 5.60 Å². The average Bonchev–Trinajstić information content (AvgIpc) is 2.23. The van der Waals surface area contributed by atoms with Gasteiger partial charge in [0.2, 0.25) is 0 Å². The van der Waals surface area contributed by atoms with Gasteiger partial charge in [0.25, 0.3) is 0 Å². The van der Waals surface area contributed by atoms with E-state index in [0.717, 1.165) is 19.5 Å². The molecule has 0 N–H and O–H groups in total. The lowest BCUT2D eigenvalue weighted by Crippen LogP contribution is -2.53. The Balaban J connectivity index is 1.91. The Bertz CT molecular complexity index is 408. The Hall–Kier alpha value is -1.35. The Labute approximate surface area is 109 Å². The zero-order valence-corrected chi connectivity index (χ0v) is 11.3. The van der Waals surface area contributed by atoms with E-state index in [2.05, 4.69) is 17.0 Å². The van der Waals surface area contributed by atoms with Crippen LogP contribution in [-0.4, -0.2) is 29.1 Å². The highest BCUT2D eigenvalue weighted by atomic mass is 16.6. The first-order chi connectivity index (χ1) is 8.46. The van der Waals surface area contributed by atoms with Gasteiger partial charge in [0.1, 0.15) is 11.6 Å². The molecule has 3 heteroatoms. The normalized spacial score (nSPS) is 20.3. The van der Waals surface area contributed by atoms with Crippen molar-refractivity contribution in [1.82, 2.24) is 4.90 Å². The molecule has 1 fully saturated rings. The lowest BCUT2D eigenvalue weighted by atomic mass is 10.0. The number of nitrogens with zero attached hydrogens (tertiary/aromatic N) is 1. The van der Waals surface area contributed by atoms with Crippen molar-refractivity contribution >= 4 is 5.97 Å². The van der Waals surface area contributed by atoms with Crippen LogP contribution in [0.3, 0.4) is 0 Å². The van der Waals surface area contributed by atoms with Gasteiger partial charge in [-0.1, -0.05) is 30.3 Å². The zero-order chi connectivity index (χ0) is 13.2. The second kappa shape index (κ2) is 5.11. The van der Waals surface area contributed by atoms with Gasteiger partial charge in [-0.25, -0.2) is 0 Å². The molecule has 3 nitrogen and oxygen atoms in total. The van der Waals surface area contributed by atoms with Crippen LogP contribution in [0.2, 0.25) is 0 Å². The summed E-state index contributed by atoms with van der Waals surface area (Å²) in [5.41, 5.74) is 0.844. The third-order valence-electron chi connectivity index (χ3n) is 3.04. The van der Waals surface area contributed by atoms with E-state index >= 15 is 0 Å². The van der Waals surface area contributed by atoms with Crippen LogP contribution in [0, 0.1) is 0 Å². The van der Waals surface area contributed by atoms with Crippen molar-refractivity contribution in [1.29, 1.82) is 0 Å². The molecule has 98 valence electrons. The van der Waals surface area contributed by atoms with Crippen molar-refractivity contribution in [2.75, 3.05) is 6.54 Å². The summed E-state index contributed by atoms with van der Waals surface area (Å²) in [6.07, 6.45) is 0.905. The predicted octanol–water partition coefficient (Wildman–Crippen LogP) is 2.60. The fraction of sp³-hybridized carbons (Fsp3) is 0.533. The zero-order valence-electron chi connectivity index (χ0n) is 11.3. The largest absolute Gasteiger partial charge is 0.459 e. The Morgan fingerprint density at radius 2 is 2.00 bits per heavy atom. The summed E-state index contributed by atoms with van der Waals surface area (Å²) >= 11 is 0. The highest BCUT2D eigenvalue weighted by Crippen LogP contribution is 2.23. The van der Waals surface area contributed by atoms with Gasteiger partial charge in [0.15, 0.2) is 0 Å². The Morgan fingerprint density at radius 3 is 2.50 bits per heavy atom. The number of hydrogen-bond acceptors (Lipinski definition) is 3. The number of hydrogen-bond donors (Lipinski definition) is 0. The van der Waals surface area contributed by atoms with Crippen molar-refractivity contribution in [2.45, 2.75) is 45.4 Å². The molecule has 0 aromatic heterocycles. The summed E-state index contributed by atoms with van der Waals surface area (Å²) < 4.78 is 5.43. The molecule has 0 saturated carbocycles. The molecule has 1 aliphatic rings. The Morgan fingerprint density at radius 1 is 1.33 bits per heavy atom. The number of esters is 1. The molecular weight excluding hydrogens is 226 g/mol. The predicted molar refractivity (Wildman–Crippen MR) is 71.1 cm³/mol. The summed E-state index contributed by atoms with van der Waals surface area (Å²) in [6.45, 7) is 7.52. The maximum absolute atomic E-state index is 12.0. The van der Waals surface area contributed by atoms with Gasteiger partial charge in [0, 0.05) is 13.1 Å². The minimum atomic E-state index is -0.398. The fourth-order valence-electron chi connectivity index (χ4n) is 2.08. The minimum Gasteiger partial charge on any atom is -0.459 e. The van der Waals surface area contributed by atoms with E-state index in [-0.39, 0.29) is 12.0 Å². The summed E-state index contributed by atoms with van der Waals surface area (Å²) in [6, 6.07) is 10.2. The van der Waals surface area contributed by atoms with Crippen LogP contribution in [0.25, 0.3) is 0 Å². The van der Waals surface area contributed by atoms with E-state index in [9.17, 15) is 4.79 Å². The smallest absolute Gasteiger partial charge is 0.323 e. The molecule has 2 rings (SSSR count). The van der Waals surface area contributed by atoms with Crippen molar-refractivity contribution in [2.24, 2.45) is 0 Å². The van der Waals surface area contributed by atoms with E-state index in [1.54, 1.807) is 0 Å². The van der Waals surface area contributed by atoms with Crippen LogP contribution < -0.4 is 0 Å². The average molecular weight is 247 g/mol. The van der Waals surface area contributed by atoms with Crippen molar-refractivity contribution < 1.29 is 9.53 Å². The third kappa shape index (κ3) is 3.33. The molecular formula is C15H21NO2. The molecule has 18 heavy (non-hydrogen) atoms. The van der Waals surface area contributed by atoms with E-state index in [1.165, 1.54) is 5.56 Å². The maximum atomic E-state index is 12.0. The van der Waals surface area contributed by atoms with E-state index in [0.29, 0.717) is 0 Å². The second-order valence-electron chi connectivity index (χ2n) is 5.79. The van der Waals surface area contributed by atoms with Crippen molar-refractivity contribution in [3.05, 3.63) is 35.9 Å². The number of likely N-dealkylation sites (tertiary alicyclic amines) is 1. The minimum absolute atomic E-state index is 0.0653. The molecule has 0 aliphatic carbocycles. The van der Waals surface area contributed by atoms with Gasteiger partial charge < -0.3 is 4.74 Å². The second-order valence-corrected chi connectivity index (χ2v) is 5.79. The number of carbonyl (C=O) groups is 1. The lowest BCUT2D eigenvalue weighted by molar-refractivity contribution is -0.166.